The van der Waals surface area contributed by atoms with E-state index < -0.39 is 221 Å². The first-order valence-electron chi connectivity index (χ1n) is 27.5. The smallest absolute Gasteiger partial charge is 0.481 e. The average Bonchev–Trinajstić information content (AvgIpc) is 1.52. The topological polar surface area (TPSA) is 345 Å². The Labute approximate surface area is 531 Å². The Hall–Kier alpha value is -8.16. The highest BCUT2D eigenvalue weighted by molar-refractivity contribution is 7.92. The van der Waals surface area contributed by atoms with Crippen LogP contribution in [0.5, 0.6) is 5.75 Å². The van der Waals surface area contributed by atoms with E-state index in [1.54, 1.807) is 4.72 Å². The highest BCUT2D eigenvalue weighted by Gasteiger charge is 2.68. The van der Waals surface area contributed by atoms with E-state index in [1.807, 2.05) is 5.32 Å². The van der Waals surface area contributed by atoms with Gasteiger partial charge >= 0.3 is 32.1 Å². The van der Waals surface area contributed by atoms with Gasteiger partial charge in [0, 0.05) is 57.7 Å². The number of carbonyl (C=O) groups is 5. The minimum absolute atomic E-state index is 0.152. The van der Waals surface area contributed by atoms with Crippen LogP contribution in [0.15, 0.2) is 54.6 Å². The number of aryl methyl sites for hydroxylation is 1. The molecule has 1 fully saturated rings. The zero-order valence-electron chi connectivity index (χ0n) is 49.6. The normalized spacial score (nSPS) is 16.3. The molecule has 94 heavy (non-hydrogen) atoms. The number of rotatable bonds is 23. The van der Waals surface area contributed by atoms with Crippen molar-refractivity contribution < 1.29 is 114 Å². The lowest BCUT2D eigenvalue weighted by molar-refractivity contribution is -0.147. The number of halogens is 11. The van der Waals surface area contributed by atoms with Gasteiger partial charge in [-0.1, -0.05) is 43.5 Å². The Morgan fingerprint density at radius 1 is 0.872 bits per heavy atom. The van der Waals surface area contributed by atoms with Crippen molar-refractivity contribution >= 4 is 79.8 Å². The second-order valence-corrected chi connectivity index (χ2v) is 29.5. The van der Waals surface area contributed by atoms with Gasteiger partial charge in [-0.15, -0.1) is 0 Å². The van der Waals surface area contributed by atoms with E-state index in [2.05, 4.69) is 32.3 Å². The number of aliphatic carboxylic acids is 2. The van der Waals surface area contributed by atoms with E-state index in [9.17, 15) is 100 Å². The van der Waals surface area contributed by atoms with Crippen LogP contribution in [0.1, 0.15) is 115 Å². The summed E-state index contributed by atoms with van der Waals surface area (Å²) in [5.41, 5.74) is -9.35. The SMILES string of the molecule is Cc1cc(CC(=O)N[C@H](CC(=O)O)C(=O)O)c(C(C)(C)CC(=O)NS(=O)(=O)Cc2nn(CC(F)(F)F)c3c(-c4ccc(C#CC(C)(C)S(C)(=O)=O)nc4[C@H](Cc4cc(F)cc(F)c4)NC(=O)Cn4nc(C(F)(F)F)c5c4C(F)(F)[C@@H]4C[C@H]54)ccc(Cl)c23)c(OP(=O)(O)O)c1. The third-order valence-electron chi connectivity index (χ3n) is 15.2. The number of phosphoric ester groups is 1. The molecule has 506 valence electrons. The lowest BCUT2D eigenvalue weighted by Gasteiger charge is -2.30. The largest absolute Gasteiger partial charge is 0.524 e. The second kappa shape index (κ2) is 25.5. The van der Waals surface area contributed by atoms with Crippen molar-refractivity contribution in [2.24, 2.45) is 5.92 Å². The monoisotopic (exact) mass is 1410 g/mol. The maximum atomic E-state index is 15.7. The molecule has 4 atom stereocenters. The van der Waals surface area contributed by atoms with Crippen LogP contribution in [0.4, 0.5) is 43.9 Å². The summed E-state index contributed by atoms with van der Waals surface area (Å²) in [6, 6.07) is 4.76. The van der Waals surface area contributed by atoms with E-state index >= 15 is 8.78 Å². The molecule has 8 rings (SSSR count). The zero-order valence-corrected chi connectivity index (χ0v) is 52.9. The number of carbonyl (C=O) groups excluding carboxylic acids is 3. The fraction of sp³-hybridized carbons (Fsp3) is 0.404. The van der Waals surface area contributed by atoms with Gasteiger partial charge in [-0.2, -0.15) is 45.3 Å². The second-order valence-electron chi connectivity index (χ2n) is 23.6. The number of benzene rings is 3. The Bertz CT molecular complexity index is 4470. The first kappa shape index (κ1) is 71.7. The van der Waals surface area contributed by atoms with Gasteiger partial charge in [0.05, 0.1) is 40.8 Å². The molecule has 2 aliphatic rings. The number of hydrogen-bond acceptors (Lipinski definition) is 14. The number of phosphoric acid groups is 1. The number of aromatic nitrogens is 5. The molecule has 7 N–H and O–H groups in total. The maximum absolute atomic E-state index is 15.7. The molecule has 3 amide bonds. The molecule has 2 aliphatic carbocycles. The van der Waals surface area contributed by atoms with E-state index in [4.69, 9.17) is 16.1 Å². The van der Waals surface area contributed by atoms with Crippen molar-refractivity contribution in [2.75, 3.05) is 6.26 Å². The van der Waals surface area contributed by atoms with Crippen LogP contribution in [-0.4, -0.2) is 114 Å². The van der Waals surface area contributed by atoms with Gasteiger partial charge in [0.15, 0.2) is 15.5 Å². The van der Waals surface area contributed by atoms with Gasteiger partial charge in [0.2, 0.25) is 27.7 Å². The summed E-state index contributed by atoms with van der Waals surface area (Å²) >= 11 is 6.71. The van der Waals surface area contributed by atoms with Gasteiger partial charge in [0.1, 0.15) is 58.4 Å². The third kappa shape index (κ3) is 16.3. The number of fused-ring (bicyclic) bond motifs is 4. The number of nitrogens with one attached hydrogen (secondary N) is 3. The highest BCUT2D eigenvalue weighted by Crippen LogP contribution is 2.68. The number of pyridine rings is 1. The van der Waals surface area contributed by atoms with Crippen molar-refractivity contribution in [3.63, 3.8) is 0 Å². The van der Waals surface area contributed by atoms with Gasteiger partial charge in [0.25, 0.3) is 5.92 Å². The molecule has 3 aromatic heterocycles. The first-order valence-corrected chi connectivity index (χ1v) is 33.0. The van der Waals surface area contributed by atoms with Crippen LogP contribution < -0.4 is 19.9 Å². The van der Waals surface area contributed by atoms with Gasteiger partial charge < -0.3 is 25.4 Å². The predicted octanol–water partition coefficient (Wildman–Crippen LogP) is 7.97. The van der Waals surface area contributed by atoms with E-state index in [-0.39, 0.29) is 49.3 Å². The molecule has 0 saturated heterocycles. The van der Waals surface area contributed by atoms with Crippen LogP contribution in [0.2, 0.25) is 5.02 Å². The molecule has 3 heterocycles. The minimum atomic E-state index is -5.50. The molecule has 3 aromatic carbocycles. The molecule has 0 bridgehead atoms. The summed E-state index contributed by atoms with van der Waals surface area (Å²) in [7, 11) is -14.7. The average molecular weight is 1410 g/mol. The molecule has 1 saturated carbocycles. The quantitative estimate of drug-likeness (QED) is 0.0182. The lowest BCUT2D eigenvalue weighted by atomic mass is 9.77. The number of carboxylic acid groups (broad SMARTS) is 2. The Balaban J connectivity index is 1.23. The third-order valence-corrected chi connectivity index (χ3v) is 19.1. The summed E-state index contributed by atoms with van der Waals surface area (Å²) in [6.07, 6.45) is -13.7. The van der Waals surface area contributed by atoms with E-state index in [0.717, 1.165) is 48.7 Å². The summed E-state index contributed by atoms with van der Waals surface area (Å²) in [6.45, 7) is 2.82. The van der Waals surface area contributed by atoms with Gasteiger partial charge in [-0.25, -0.2) is 40.0 Å². The number of amides is 3. The molecule has 6 aromatic rings. The standard InChI is InChI=1S/C57H54ClF10N8O15PS2/c1-26-13-28(18-41(77)71-38(52(82)83)21-44(80)81)47(40(14-26)91-92(84,85)86)53(2,3)22-42(78)74-94(89,90)24-39-46-36(58)10-9-33(49(46)76(72-39)25-55(61,62)63)32-8-7-31(11-12-54(4,5)93(6,87)88)69-48(32)37(17-27-15-29(59)19-30(60)16-27)70-43(79)23-75-51-45(50(73-75)57(66,67)68)34-20-35(34)56(51,64)65/h7-10,13-16,19,34-35,37-38H,17-18,20-25H2,1-6H3,(H,70,79)(H,71,77)(H,74,78)(H,80,81)(H,82,83)(H2,84,85,86)/t34-,35+,37-,38+/m0/s1. The fourth-order valence-corrected chi connectivity index (χ4v) is 13.0. The van der Waals surface area contributed by atoms with Crippen LogP contribution >= 0.6 is 19.4 Å². The molecule has 0 unspecified atom stereocenters. The summed E-state index contributed by atoms with van der Waals surface area (Å²) in [4.78, 5) is 88.9. The van der Waals surface area contributed by atoms with E-state index in [0.29, 0.717) is 6.07 Å². The fourth-order valence-electron chi connectivity index (χ4n) is 11.1. The molecule has 23 nitrogen and oxygen atoms in total. The number of nitrogens with zero attached hydrogens (tertiary/aromatic N) is 5. The Kier molecular flexibility index (Phi) is 19.5. The molecule has 0 radical (unpaired) electrons. The molecule has 37 heteroatoms. The number of hydrogen-bond donors (Lipinski definition) is 7. The highest BCUT2D eigenvalue weighted by atomic mass is 35.5. The van der Waals surface area contributed by atoms with Crippen molar-refractivity contribution in [1.29, 1.82) is 0 Å². The van der Waals surface area contributed by atoms with Crippen LogP contribution in [-0.2, 0) is 97.6 Å². The van der Waals surface area contributed by atoms with Crippen molar-refractivity contribution in [1.82, 2.24) is 39.9 Å². The van der Waals surface area contributed by atoms with Crippen molar-refractivity contribution in [3.05, 3.63) is 128 Å². The number of sulfone groups is 1. The van der Waals surface area contributed by atoms with Gasteiger partial charge in [-0.3, -0.25) is 43.1 Å². The molecular weight excluding hydrogens is 1360 g/mol. The Morgan fingerprint density at radius 3 is 2.10 bits per heavy atom. The zero-order chi connectivity index (χ0) is 70.1. The van der Waals surface area contributed by atoms with E-state index in [1.165, 1.54) is 40.7 Å². The van der Waals surface area contributed by atoms with Crippen LogP contribution in [0.25, 0.3) is 22.0 Å². The Morgan fingerprint density at radius 2 is 1.51 bits per heavy atom. The minimum Gasteiger partial charge on any atom is -0.481 e. The number of alkyl halides is 8. The van der Waals surface area contributed by atoms with Gasteiger partial charge in [-0.05, 0) is 98.5 Å². The predicted molar refractivity (Wildman–Crippen MR) is 311 cm³/mol. The molecular formula is C57H54ClF10N8O15PS2. The maximum Gasteiger partial charge on any atom is 0.524 e. The summed E-state index contributed by atoms with van der Waals surface area (Å²) in [5, 5.41) is 29.4. The first-order chi connectivity index (χ1) is 43.0. The van der Waals surface area contributed by atoms with Crippen molar-refractivity contribution in [2.45, 2.75) is 132 Å². The molecule has 0 aliphatic heterocycles. The lowest BCUT2D eigenvalue weighted by Crippen LogP contribution is -2.43. The number of sulfonamides is 1. The molecule has 0 spiro atoms. The van der Waals surface area contributed by atoms with Crippen molar-refractivity contribution in [3.8, 4) is 28.7 Å². The van der Waals surface area contributed by atoms with Crippen LogP contribution in [0, 0.1) is 36.3 Å². The summed E-state index contributed by atoms with van der Waals surface area (Å²) < 4.78 is 220. The summed E-state index contributed by atoms with van der Waals surface area (Å²) in [5.74, 6) is -13.5. The van der Waals surface area contributed by atoms with Crippen LogP contribution in [0.3, 0.4) is 0 Å². The number of carboxylic acids is 2.